The maximum absolute atomic E-state index is 12.1. The van der Waals surface area contributed by atoms with Crippen LogP contribution in [0.4, 0.5) is 5.69 Å². The first-order valence-electron chi connectivity index (χ1n) is 14.3. The summed E-state index contributed by atoms with van der Waals surface area (Å²) in [5.74, 6) is -2.26. The average molecular weight is 642 g/mol. The number of ether oxygens (including phenoxy) is 3. The summed E-state index contributed by atoms with van der Waals surface area (Å²) >= 11 is 0. The van der Waals surface area contributed by atoms with Gasteiger partial charge in [0, 0.05) is 11.6 Å². The number of carbonyl (C=O) groups excluding carboxylic acids is 3. The van der Waals surface area contributed by atoms with Crippen LogP contribution in [0.1, 0.15) is 43.1 Å². The summed E-state index contributed by atoms with van der Waals surface area (Å²) in [6.45, 7) is 5.02. The second-order valence-corrected chi connectivity index (χ2v) is 13.0. The fourth-order valence-corrected chi connectivity index (χ4v) is 6.50. The lowest BCUT2D eigenvalue weighted by atomic mass is 10.0. The van der Waals surface area contributed by atoms with Gasteiger partial charge in [-0.25, -0.2) is 9.59 Å². The number of hydrogen-bond donors (Lipinski definition) is 0. The molecule has 0 amide bonds. The van der Waals surface area contributed by atoms with E-state index in [1.807, 2.05) is 0 Å². The fourth-order valence-electron chi connectivity index (χ4n) is 4.19. The molecule has 4 aromatic rings. The number of rotatable bonds is 9. The van der Waals surface area contributed by atoms with E-state index in [1.54, 1.807) is 20.8 Å². The van der Waals surface area contributed by atoms with Gasteiger partial charge in [0.05, 0.1) is 36.7 Å². The number of carbonyl (C=O) groups is 3. The average Bonchev–Trinajstić information content (AvgIpc) is 3.05. The van der Waals surface area contributed by atoms with Crippen LogP contribution in [0.25, 0.3) is 6.08 Å². The molecule has 0 aliphatic carbocycles. The number of nitro benzene ring substituents is 1. The molecule has 0 heterocycles. The Hall–Kier alpha value is -5.14. The first-order valence-corrected chi connectivity index (χ1v) is 15.6. The Bertz CT molecular complexity index is 1570. The quantitative estimate of drug-likeness (QED) is 0.0536. The molecule has 0 unspecified atom stereocenters. The highest BCUT2D eigenvalue weighted by Crippen LogP contribution is 2.32. The molecular formula is C36H36NO8P. The van der Waals surface area contributed by atoms with Gasteiger partial charge in [0.1, 0.15) is 5.60 Å². The summed E-state index contributed by atoms with van der Waals surface area (Å²) in [5, 5.41) is 15.6. The van der Waals surface area contributed by atoms with E-state index < -0.39 is 48.5 Å². The van der Waals surface area contributed by atoms with Crippen molar-refractivity contribution in [2.75, 3.05) is 14.2 Å². The Balaban J connectivity index is 0.000000264. The van der Waals surface area contributed by atoms with Gasteiger partial charge in [-0.15, -0.1) is 0 Å². The molecule has 0 aliphatic rings. The summed E-state index contributed by atoms with van der Waals surface area (Å²) in [4.78, 5) is 46.1. The molecule has 0 aliphatic heterocycles. The van der Waals surface area contributed by atoms with Crippen LogP contribution in [0, 0.1) is 10.1 Å². The molecule has 4 aromatic carbocycles. The Morgan fingerprint density at radius 3 is 1.63 bits per heavy atom. The minimum atomic E-state index is -0.828. The molecule has 0 bridgehead atoms. The van der Waals surface area contributed by atoms with Crippen LogP contribution in [0.3, 0.4) is 0 Å². The molecule has 238 valence electrons. The standard InChI is InChI=1S/C18H21NO8.C18H15P/c1-18(2,3)27-17(22)12-7-6-11(14(9-12)19(23)24)8-13(16(21)26-5)10-15(20)25-4;1-4-10-16(11-5-1)19(17-12-6-2-7-13-17)18-14-8-3-9-15-18/h6-9H,10H2,1-5H3;1-15H. The van der Waals surface area contributed by atoms with Crippen LogP contribution < -0.4 is 15.9 Å². The molecule has 0 radical (unpaired) electrons. The molecule has 0 saturated carbocycles. The van der Waals surface area contributed by atoms with Gasteiger partial charge in [-0.05, 0) is 62.8 Å². The van der Waals surface area contributed by atoms with Crippen LogP contribution in [0.15, 0.2) is 115 Å². The molecule has 0 N–H and O–H groups in total. The maximum atomic E-state index is 12.1. The topological polar surface area (TPSA) is 122 Å². The third-order valence-electron chi connectivity index (χ3n) is 6.24. The molecule has 0 aromatic heterocycles. The first kappa shape index (κ1) is 35.3. The van der Waals surface area contributed by atoms with E-state index in [0.29, 0.717) is 0 Å². The normalized spacial score (nSPS) is 11.1. The lowest BCUT2D eigenvalue weighted by molar-refractivity contribution is -0.385. The number of nitro groups is 1. The third-order valence-corrected chi connectivity index (χ3v) is 8.69. The van der Waals surface area contributed by atoms with E-state index in [4.69, 9.17) is 4.74 Å². The zero-order chi connectivity index (χ0) is 33.7. The predicted molar refractivity (Wildman–Crippen MR) is 180 cm³/mol. The molecule has 10 heteroatoms. The van der Waals surface area contributed by atoms with Crippen molar-refractivity contribution in [1.82, 2.24) is 0 Å². The third kappa shape index (κ3) is 10.5. The van der Waals surface area contributed by atoms with Crippen LogP contribution in [0.2, 0.25) is 0 Å². The summed E-state index contributed by atoms with van der Waals surface area (Å²) in [7, 11) is 1.82. The molecule has 9 nitrogen and oxygen atoms in total. The molecule has 0 fully saturated rings. The zero-order valence-electron chi connectivity index (χ0n) is 26.3. The van der Waals surface area contributed by atoms with Gasteiger partial charge >= 0.3 is 17.9 Å². The van der Waals surface area contributed by atoms with Crippen molar-refractivity contribution < 1.29 is 33.5 Å². The van der Waals surface area contributed by atoms with Crippen molar-refractivity contribution in [1.29, 1.82) is 0 Å². The molecule has 0 atom stereocenters. The van der Waals surface area contributed by atoms with Gasteiger partial charge in [-0.3, -0.25) is 14.9 Å². The molecule has 4 rings (SSSR count). The largest absolute Gasteiger partial charge is 0.469 e. The van der Waals surface area contributed by atoms with Gasteiger partial charge in [0.2, 0.25) is 0 Å². The number of nitrogens with zero attached hydrogens (tertiary/aromatic N) is 1. The summed E-state index contributed by atoms with van der Waals surface area (Å²) in [5.41, 5.74) is -1.30. The fraction of sp³-hybridized carbons (Fsp3) is 0.194. The Morgan fingerprint density at radius 2 is 1.24 bits per heavy atom. The number of methoxy groups -OCH3 is 2. The summed E-state index contributed by atoms with van der Waals surface area (Å²) in [6, 6.07) is 36.0. The Morgan fingerprint density at radius 1 is 0.761 bits per heavy atom. The monoisotopic (exact) mass is 641 g/mol. The van der Waals surface area contributed by atoms with Gasteiger partial charge in [-0.2, -0.15) is 0 Å². The van der Waals surface area contributed by atoms with E-state index in [0.717, 1.165) is 26.4 Å². The van der Waals surface area contributed by atoms with Crippen LogP contribution in [0.5, 0.6) is 0 Å². The molecule has 46 heavy (non-hydrogen) atoms. The van der Waals surface area contributed by atoms with Gasteiger partial charge in [-0.1, -0.05) is 91.0 Å². The lowest BCUT2D eigenvalue weighted by Crippen LogP contribution is -2.23. The highest BCUT2D eigenvalue weighted by Gasteiger charge is 2.23. The summed E-state index contributed by atoms with van der Waals surface area (Å²) in [6.07, 6.45) is 0.730. The minimum absolute atomic E-state index is 0.0126. The zero-order valence-corrected chi connectivity index (χ0v) is 27.2. The molecule has 0 saturated heterocycles. The van der Waals surface area contributed by atoms with Crippen LogP contribution in [-0.2, 0) is 23.8 Å². The van der Waals surface area contributed by atoms with Crippen molar-refractivity contribution >= 4 is 53.5 Å². The van der Waals surface area contributed by atoms with Crippen LogP contribution >= 0.6 is 7.92 Å². The second-order valence-electron chi connectivity index (χ2n) is 10.8. The Labute approximate surface area is 269 Å². The lowest BCUT2D eigenvalue weighted by Gasteiger charge is -2.19. The molecular weight excluding hydrogens is 605 g/mol. The predicted octanol–water partition coefficient (Wildman–Crippen LogP) is 6.11. The number of hydrogen-bond acceptors (Lipinski definition) is 8. The first-order chi connectivity index (χ1) is 21.9. The van der Waals surface area contributed by atoms with Crippen molar-refractivity contribution in [3.63, 3.8) is 0 Å². The maximum Gasteiger partial charge on any atom is 0.338 e. The van der Waals surface area contributed by atoms with E-state index in [2.05, 4.69) is 100 Å². The van der Waals surface area contributed by atoms with Gasteiger partial charge in [0.15, 0.2) is 0 Å². The van der Waals surface area contributed by atoms with Gasteiger partial charge in [0.25, 0.3) is 5.69 Å². The molecule has 0 spiro atoms. The highest BCUT2D eigenvalue weighted by atomic mass is 31.1. The van der Waals surface area contributed by atoms with E-state index in [1.165, 1.54) is 28.0 Å². The minimum Gasteiger partial charge on any atom is -0.469 e. The van der Waals surface area contributed by atoms with Crippen molar-refractivity contribution in [3.05, 3.63) is 136 Å². The smallest absolute Gasteiger partial charge is 0.338 e. The Kier molecular flexibility index (Phi) is 12.9. The van der Waals surface area contributed by atoms with E-state index in [9.17, 15) is 24.5 Å². The van der Waals surface area contributed by atoms with Crippen LogP contribution in [-0.4, -0.2) is 42.7 Å². The van der Waals surface area contributed by atoms with Gasteiger partial charge < -0.3 is 14.2 Å². The number of esters is 3. The van der Waals surface area contributed by atoms with E-state index in [-0.39, 0.29) is 16.7 Å². The highest BCUT2D eigenvalue weighted by molar-refractivity contribution is 7.79. The SMILES string of the molecule is COC(=O)CC(=Cc1ccc(C(=O)OC(C)(C)C)cc1[N+](=O)[O-])C(=O)OC.c1ccc(P(c2ccccc2)c2ccccc2)cc1. The summed E-state index contributed by atoms with van der Waals surface area (Å²) < 4.78 is 14.3. The van der Waals surface area contributed by atoms with Crippen molar-refractivity contribution in [2.24, 2.45) is 0 Å². The van der Waals surface area contributed by atoms with Crippen molar-refractivity contribution in [3.8, 4) is 0 Å². The number of benzene rings is 4. The van der Waals surface area contributed by atoms with Crippen molar-refractivity contribution in [2.45, 2.75) is 32.8 Å². The second kappa shape index (κ2) is 16.8. The van der Waals surface area contributed by atoms with E-state index >= 15 is 0 Å².